The second kappa shape index (κ2) is 7.00. The van der Waals surface area contributed by atoms with Gasteiger partial charge in [-0.3, -0.25) is 9.78 Å². The molecule has 2 aromatic rings. The summed E-state index contributed by atoms with van der Waals surface area (Å²) in [6.45, 7) is 0. The lowest BCUT2D eigenvalue weighted by molar-refractivity contribution is -0.111. The highest BCUT2D eigenvalue weighted by Crippen LogP contribution is 2.11. The number of hydrogen-bond acceptors (Lipinski definition) is 4. The van der Waals surface area contributed by atoms with E-state index in [0.717, 1.165) is 5.56 Å². The molecule has 2 rings (SSSR count). The number of methoxy groups -OCH3 is 1. The van der Waals surface area contributed by atoms with Crippen LogP contribution in [-0.4, -0.2) is 24.0 Å². The molecule has 0 spiro atoms. The molecule has 0 aliphatic rings. The molecule has 0 aliphatic carbocycles. The fraction of sp³-hybridized carbons (Fsp3) is 0.0625. The first-order valence-electron chi connectivity index (χ1n) is 6.26. The van der Waals surface area contributed by atoms with Crippen LogP contribution in [0.25, 0.3) is 6.08 Å². The zero-order chi connectivity index (χ0) is 15.1. The van der Waals surface area contributed by atoms with Gasteiger partial charge in [0.15, 0.2) is 0 Å². The van der Waals surface area contributed by atoms with Crippen LogP contribution in [-0.2, 0) is 9.53 Å². The lowest BCUT2D eigenvalue weighted by Gasteiger charge is -2.04. The van der Waals surface area contributed by atoms with Gasteiger partial charge in [-0.1, -0.05) is 6.07 Å². The Morgan fingerprint density at radius 3 is 2.67 bits per heavy atom. The number of nitrogens with zero attached hydrogens (tertiary/aromatic N) is 1. The second-order valence-corrected chi connectivity index (χ2v) is 4.18. The van der Waals surface area contributed by atoms with Crippen molar-refractivity contribution in [3.63, 3.8) is 0 Å². The first-order chi connectivity index (χ1) is 10.2. The van der Waals surface area contributed by atoms with Crippen LogP contribution in [0, 0.1) is 0 Å². The van der Waals surface area contributed by atoms with Crippen LogP contribution >= 0.6 is 0 Å². The zero-order valence-corrected chi connectivity index (χ0v) is 11.4. The van der Waals surface area contributed by atoms with Gasteiger partial charge in [-0.25, -0.2) is 4.79 Å². The minimum atomic E-state index is -0.446. The second-order valence-electron chi connectivity index (χ2n) is 4.18. The summed E-state index contributed by atoms with van der Waals surface area (Å²) in [6, 6.07) is 10.1. The van der Waals surface area contributed by atoms with Crippen molar-refractivity contribution < 1.29 is 14.3 Å². The van der Waals surface area contributed by atoms with Crippen molar-refractivity contribution >= 4 is 23.6 Å². The highest BCUT2D eigenvalue weighted by molar-refractivity contribution is 6.02. The third kappa shape index (κ3) is 4.28. The quantitative estimate of drug-likeness (QED) is 0.691. The fourth-order valence-electron chi connectivity index (χ4n) is 1.67. The molecule has 1 N–H and O–H groups in total. The summed E-state index contributed by atoms with van der Waals surface area (Å²) < 4.78 is 4.63. The first kappa shape index (κ1) is 14.5. The standard InChI is InChI=1S/C16H14N2O3/c1-21-16(20)13-3-2-4-14(11-13)18-15(19)6-5-12-7-9-17-10-8-12/h2-11H,1H3,(H,18,19)/b6-5+. The Bertz CT molecular complexity index is 666. The van der Waals surface area contributed by atoms with E-state index in [1.807, 2.05) is 0 Å². The molecule has 5 nitrogen and oxygen atoms in total. The summed E-state index contributed by atoms with van der Waals surface area (Å²) >= 11 is 0. The topological polar surface area (TPSA) is 68.3 Å². The third-order valence-electron chi connectivity index (χ3n) is 2.68. The summed E-state index contributed by atoms with van der Waals surface area (Å²) in [6.07, 6.45) is 6.40. The number of carbonyl (C=O) groups excluding carboxylic acids is 2. The van der Waals surface area contributed by atoms with Crippen molar-refractivity contribution in [2.75, 3.05) is 12.4 Å². The molecule has 0 saturated heterocycles. The maximum Gasteiger partial charge on any atom is 0.337 e. The van der Waals surface area contributed by atoms with Crippen LogP contribution < -0.4 is 5.32 Å². The van der Waals surface area contributed by atoms with E-state index >= 15 is 0 Å². The van der Waals surface area contributed by atoms with Crippen LogP contribution in [0.4, 0.5) is 5.69 Å². The van der Waals surface area contributed by atoms with Crippen LogP contribution in [0.2, 0.25) is 0 Å². The van der Waals surface area contributed by atoms with E-state index in [1.165, 1.54) is 13.2 Å². The van der Waals surface area contributed by atoms with E-state index in [2.05, 4.69) is 15.0 Å². The highest BCUT2D eigenvalue weighted by Gasteiger charge is 2.06. The lowest BCUT2D eigenvalue weighted by atomic mass is 10.2. The summed E-state index contributed by atoms with van der Waals surface area (Å²) in [5, 5.41) is 2.68. The van der Waals surface area contributed by atoms with E-state index in [4.69, 9.17) is 0 Å². The van der Waals surface area contributed by atoms with Gasteiger partial charge in [-0.2, -0.15) is 0 Å². The predicted octanol–water partition coefficient (Wildman–Crippen LogP) is 2.52. The van der Waals surface area contributed by atoms with Gasteiger partial charge in [0.2, 0.25) is 5.91 Å². The van der Waals surface area contributed by atoms with E-state index in [-0.39, 0.29) is 5.91 Å². The van der Waals surface area contributed by atoms with Gasteiger partial charge in [-0.15, -0.1) is 0 Å². The minimum Gasteiger partial charge on any atom is -0.465 e. The number of hydrogen-bond donors (Lipinski definition) is 1. The van der Waals surface area contributed by atoms with Crippen molar-refractivity contribution in [3.05, 3.63) is 66.0 Å². The summed E-state index contributed by atoms with van der Waals surface area (Å²) in [7, 11) is 1.31. The average molecular weight is 282 g/mol. The number of carbonyl (C=O) groups is 2. The molecule has 1 aromatic carbocycles. The molecule has 1 heterocycles. The molecular formula is C16H14N2O3. The number of pyridine rings is 1. The maximum atomic E-state index is 11.8. The van der Waals surface area contributed by atoms with Crippen LogP contribution in [0.5, 0.6) is 0 Å². The molecular weight excluding hydrogens is 268 g/mol. The van der Waals surface area contributed by atoms with Crippen LogP contribution in [0.15, 0.2) is 54.9 Å². The van der Waals surface area contributed by atoms with E-state index in [9.17, 15) is 9.59 Å². The van der Waals surface area contributed by atoms with Gasteiger partial charge >= 0.3 is 5.97 Å². The predicted molar refractivity (Wildman–Crippen MR) is 79.7 cm³/mol. The third-order valence-corrected chi connectivity index (χ3v) is 2.68. The van der Waals surface area contributed by atoms with E-state index < -0.39 is 5.97 Å². The molecule has 0 radical (unpaired) electrons. The van der Waals surface area contributed by atoms with Crippen molar-refractivity contribution in [1.29, 1.82) is 0 Å². The molecule has 0 bridgehead atoms. The lowest BCUT2D eigenvalue weighted by Crippen LogP contribution is -2.09. The van der Waals surface area contributed by atoms with E-state index in [0.29, 0.717) is 11.3 Å². The average Bonchev–Trinajstić information content (AvgIpc) is 2.53. The van der Waals surface area contributed by atoms with Crippen LogP contribution in [0.3, 0.4) is 0 Å². The maximum absolute atomic E-state index is 11.8. The molecule has 1 aromatic heterocycles. The summed E-state index contributed by atoms with van der Waals surface area (Å²) in [5.74, 6) is -0.729. The zero-order valence-electron chi connectivity index (χ0n) is 11.4. The Hall–Kier alpha value is -2.95. The largest absolute Gasteiger partial charge is 0.465 e. The van der Waals surface area contributed by atoms with Gasteiger partial charge < -0.3 is 10.1 Å². The van der Waals surface area contributed by atoms with Gasteiger partial charge in [-0.05, 0) is 42.0 Å². The summed E-state index contributed by atoms with van der Waals surface area (Å²) in [4.78, 5) is 27.1. The summed E-state index contributed by atoms with van der Waals surface area (Å²) in [5.41, 5.74) is 1.79. The first-order valence-corrected chi connectivity index (χ1v) is 6.26. The number of esters is 1. The number of benzene rings is 1. The van der Waals surface area contributed by atoms with E-state index in [1.54, 1.807) is 54.9 Å². The number of amides is 1. The Morgan fingerprint density at radius 2 is 1.95 bits per heavy atom. The monoisotopic (exact) mass is 282 g/mol. The van der Waals surface area contributed by atoms with Crippen molar-refractivity contribution in [3.8, 4) is 0 Å². The van der Waals surface area contributed by atoms with Crippen molar-refractivity contribution in [2.45, 2.75) is 0 Å². The molecule has 5 heteroatoms. The van der Waals surface area contributed by atoms with Gasteiger partial charge in [0.1, 0.15) is 0 Å². The van der Waals surface area contributed by atoms with Gasteiger partial charge in [0.25, 0.3) is 0 Å². The van der Waals surface area contributed by atoms with Crippen molar-refractivity contribution in [1.82, 2.24) is 4.98 Å². The molecule has 0 fully saturated rings. The molecule has 0 atom stereocenters. The molecule has 21 heavy (non-hydrogen) atoms. The Kier molecular flexibility index (Phi) is 4.82. The molecule has 1 amide bonds. The normalized spacial score (nSPS) is 10.3. The smallest absolute Gasteiger partial charge is 0.337 e. The highest BCUT2D eigenvalue weighted by atomic mass is 16.5. The Labute approximate surface area is 122 Å². The van der Waals surface area contributed by atoms with Gasteiger partial charge in [0.05, 0.1) is 12.7 Å². The minimum absolute atomic E-state index is 0.283. The number of anilines is 1. The molecule has 0 unspecified atom stereocenters. The molecule has 0 aliphatic heterocycles. The van der Waals surface area contributed by atoms with Crippen molar-refractivity contribution in [2.24, 2.45) is 0 Å². The van der Waals surface area contributed by atoms with Crippen LogP contribution in [0.1, 0.15) is 15.9 Å². The number of ether oxygens (including phenoxy) is 1. The Morgan fingerprint density at radius 1 is 1.19 bits per heavy atom. The Balaban J connectivity index is 2.03. The van der Waals surface area contributed by atoms with Gasteiger partial charge in [0, 0.05) is 24.2 Å². The fourth-order valence-corrected chi connectivity index (χ4v) is 1.67. The molecule has 106 valence electrons. The molecule has 0 saturated carbocycles. The SMILES string of the molecule is COC(=O)c1cccc(NC(=O)/C=C/c2ccncc2)c1. The number of nitrogens with one attached hydrogen (secondary N) is 1. The number of aromatic nitrogens is 1. The number of rotatable bonds is 4.